The minimum atomic E-state index is -0.925. The molecule has 1 aliphatic heterocycles. The summed E-state index contributed by atoms with van der Waals surface area (Å²) in [7, 11) is -0.925. The van der Waals surface area contributed by atoms with Crippen LogP contribution < -0.4 is 0 Å². The van der Waals surface area contributed by atoms with Crippen molar-refractivity contribution in [3.63, 3.8) is 0 Å². The normalized spacial score (nSPS) is 34.7. The van der Waals surface area contributed by atoms with E-state index in [2.05, 4.69) is 36.5 Å². The molecule has 3 unspecified atom stereocenters. The Morgan fingerprint density at radius 2 is 2.10 bits per heavy atom. The minimum Gasteiger partial charge on any atom is -0.250 e. The van der Waals surface area contributed by atoms with Gasteiger partial charge in [-0.2, -0.15) is 0 Å². The highest BCUT2D eigenvalue weighted by Gasteiger charge is 2.36. The van der Waals surface area contributed by atoms with Crippen molar-refractivity contribution in [1.82, 2.24) is 0 Å². The SMILES string of the molecule is O=S1C=C2C=C3C=CC=CC3C(C3=CCCCC3)C2=C1. The van der Waals surface area contributed by atoms with Crippen molar-refractivity contribution in [2.75, 3.05) is 0 Å². The lowest BCUT2D eigenvalue weighted by molar-refractivity contribution is 0.531. The van der Waals surface area contributed by atoms with Gasteiger partial charge in [0.1, 0.15) is 0 Å². The van der Waals surface area contributed by atoms with E-state index >= 15 is 0 Å². The minimum absolute atomic E-state index is 0.411. The molecule has 0 fully saturated rings. The molecule has 102 valence electrons. The molecule has 0 N–H and O–H groups in total. The summed E-state index contributed by atoms with van der Waals surface area (Å²) in [6.07, 6.45) is 18.4. The van der Waals surface area contributed by atoms with Gasteiger partial charge in [0.25, 0.3) is 0 Å². The summed E-state index contributed by atoms with van der Waals surface area (Å²) in [6.45, 7) is 0. The second-order valence-electron chi connectivity index (χ2n) is 5.89. The summed E-state index contributed by atoms with van der Waals surface area (Å²) in [5, 5.41) is 3.87. The van der Waals surface area contributed by atoms with Gasteiger partial charge in [-0.3, -0.25) is 4.21 Å². The maximum atomic E-state index is 11.9. The number of hydrogen-bond acceptors (Lipinski definition) is 1. The number of rotatable bonds is 1. The van der Waals surface area contributed by atoms with Crippen molar-refractivity contribution in [1.29, 1.82) is 0 Å². The van der Waals surface area contributed by atoms with Gasteiger partial charge in [0.05, 0.1) is 10.8 Å². The lowest BCUT2D eigenvalue weighted by atomic mass is 9.68. The molecule has 0 aromatic rings. The van der Waals surface area contributed by atoms with E-state index in [9.17, 15) is 4.21 Å². The molecular formula is C18H18OS. The van der Waals surface area contributed by atoms with Crippen molar-refractivity contribution in [3.05, 3.63) is 69.6 Å². The molecule has 0 spiro atoms. The first kappa shape index (κ1) is 12.3. The van der Waals surface area contributed by atoms with Crippen LogP contribution in [0, 0.1) is 11.8 Å². The summed E-state index contributed by atoms with van der Waals surface area (Å²) < 4.78 is 11.9. The van der Waals surface area contributed by atoms with Gasteiger partial charge in [-0.15, -0.1) is 0 Å². The standard InChI is InChI=1S/C18H18OS/c19-20-11-15-10-14-8-4-5-9-16(14)18(17(15)12-20)13-6-2-1-3-7-13/h4-6,8-12,16,18H,1-3,7H2. The van der Waals surface area contributed by atoms with Crippen LogP contribution in [0.25, 0.3) is 0 Å². The van der Waals surface area contributed by atoms with E-state index in [4.69, 9.17) is 0 Å². The lowest BCUT2D eigenvalue weighted by Crippen LogP contribution is -2.25. The van der Waals surface area contributed by atoms with Gasteiger partial charge in [-0.05, 0) is 42.4 Å². The third-order valence-electron chi connectivity index (χ3n) is 4.66. The molecule has 2 heteroatoms. The van der Waals surface area contributed by atoms with Crippen LogP contribution in [0.4, 0.5) is 0 Å². The van der Waals surface area contributed by atoms with Crippen LogP contribution in [0.2, 0.25) is 0 Å². The van der Waals surface area contributed by atoms with Gasteiger partial charge < -0.3 is 0 Å². The second kappa shape index (κ2) is 4.85. The molecule has 0 bridgehead atoms. The van der Waals surface area contributed by atoms with Crippen molar-refractivity contribution in [2.24, 2.45) is 11.8 Å². The van der Waals surface area contributed by atoms with Crippen molar-refractivity contribution >= 4 is 10.8 Å². The summed E-state index contributed by atoms with van der Waals surface area (Å²) in [6, 6.07) is 0. The zero-order valence-corrected chi connectivity index (χ0v) is 12.2. The predicted octanol–water partition coefficient (Wildman–Crippen LogP) is 4.32. The number of hydrogen-bond donors (Lipinski definition) is 0. The van der Waals surface area contributed by atoms with Crippen LogP contribution in [-0.2, 0) is 10.8 Å². The quantitative estimate of drug-likeness (QED) is 0.655. The van der Waals surface area contributed by atoms with E-state index < -0.39 is 10.8 Å². The van der Waals surface area contributed by atoms with E-state index in [-0.39, 0.29) is 0 Å². The monoisotopic (exact) mass is 282 g/mol. The van der Waals surface area contributed by atoms with Crippen molar-refractivity contribution in [2.45, 2.75) is 25.7 Å². The Kier molecular flexibility index (Phi) is 2.99. The Morgan fingerprint density at radius 3 is 2.95 bits per heavy atom. The molecule has 4 aliphatic rings. The zero-order chi connectivity index (χ0) is 13.5. The maximum absolute atomic E-state index is 11.9. The van der Waals surface area contributed by atoms with E-state index in [1.807, 2.05) is 10.8 Å². The molecule has 1 heterocycles. The average molecular weight is 282 g/mol. The molecule has 4 rings (SSSR count). The van der Waals surface area contributed by atoms with E-state index in [1.165, 1.54) is 42.4 Å². The Bertz CT molecular complexity index is 655. The Labute approximate surface area is 122 Å². The first-order valence-corrected chi connectivity index (χ1v) is 8.69. The fraction of sp³-hybridized carbons (Fsp3) is 0.333. The van der Waals surface area contributed by atoms with Crippen LogP contribution in [0.15, 0.2) is 69.6 Å². The largest absolute Gasteiger partial charge is 0.250 e. The van der Waals surface area contributed by atoms with Gasteiger partial charge in [0.2, 0.25) is 0 Å². The molecule has 0 amide bonds. The highest BCUT2D eigenvalue weighted by atomic mass is 32.2. The summed E-state index contributed by atoms with van der Waals surface area (Å²) in [5.74, 6) is 0.844. The topological polar surface area (TPSA) is 17.1 Å². The molecule has 3 atom stereocenters. The van der Waals surface area contributed by atoms with E-state index in [0.29, 0.717) is 11.8 Å². The van der Waals surface area contributed by atoms with Crippen LogP contribution >= 0.6 is 0 Å². The van der Waals surface area contributed by atoms with E-state index in [0.717, 1.165) is 0 Å². The van der Waals surface area contributed by atoms with Crippen molar-refractivity contribution in [3.8, 4) is 0 Å². The first-order chi connectivity index (χ1) is 9.83. The van der Waals surface area contributed by atoms with Crippen LogP contribution in [0.1, 0.15) is 25.7 Å². The molecule has 0 saturated carbocycles. The summed E-state index contributed by atoms with van der Waals surface area (Å²) >= 11 is 0. The van der Waals surface area contributed by atoms with Gasteiger partial charge in [0.15, 0.2) is 0 Å². The fourth-order valence-corrected chi connectivity index (χ4v) is 4.82. The molecule has 0 saturated heterocycles. The Balaban J connectivity index is 1.84. The number of allylic oxidation sites excluding steroid dienone is 10. The van der Waals surface area contributed by atoms with Crippen LogP contribution in [-0.4, -0.2) is 4.21 Å². The first-order valence-electron chi connectivity index (χ1n) is 7.41. The Morgan fingerprint density at radius 1 is 1.15 bits per heavy atom. The molecule has 0 radical (unpaired) electrons. The summed E-state index contributed by atoms with van der Waals surface area (Å²) in [5.41, 5.74) is 5.41. The molecule has 20 heavy (non-hydrogen) atoms. The van der Waals surface area contributed by atoms with Crippen molar-refractivity contribution < 1.29 is 4.21 Å². The highest BCUT2D eigenvalue weighted by Crippen LogP contribution is 2.47. The third-order valence-corrected chi connectivity index (χ3v) is 5.64. The highest BCUT2D eigenvalue weighted by molar-refractivity contribution is 7.91. The maximum Gasteiger partial charge on any atom is 0.0711 e. The van der Waals surface area contributed by atoms with Gasteiger partial charge in [-0.25, -0.2) is 0 Å². The van der Waals surface area contributed by atoms with E-state index in [1.54, 1.807) is 5.57 Å². The van der Waals surface area contributed by atoms with Gasteiger partial charge in [-0.1, -0.05) is 42.0 Å². The molecule has 1 nitrogen and oxygen atoms in total. The van der Waals surface area contributed by atoms with Crippen LogP contribution in [0.5, 0.6) is 0 Å². The fourth-order valence-electron chi connectivity index (χ4n) is 3.76. The number of fused-ring (bicyclic) bond motifs is 2. The van der Waals surface area contributed by atoms with Gasteiger partial charge in [0, 0.05) is 22.7 Å². The Hall–Kier alpha value is -1.41. The third kappa shape index (κ3) is 1.94. The second-order valence-corrected chi connectivity index (χ2v) is 7.02. The molecule has 3 aliphatic carbocycles. The molecule has 0 aromatic heterocycles. The lowest BCUT2D eigenvalue weighted by Gasteiger charge is -2.36. The summed E-state index contributed by atoms with van der Waals surface area (Å²) in [4.78, 5) is 0. The smallest absolute Gasteiger partial charge is 0.0711 e. The molecule has 0 aromatic carbocycles. The zero-order valence-electron chi connectivity index (χ0n) is 11.4. The molecular weight excluding hydrogens is 264 g/mol. The average Bonchev–Trinajstić information content (AvgIpc) is 2.85. The van der Waals surface area contributed by atoms with Crippen LogP contribution in [0.3, 0.4) is 0 Å². The van der Waals surface area contributed by atoms with Gasteiger partial charge >= 0.3 is 0 Å². The predicted molar refractivity (Wildman–Crippen MR) is 84.2 cm³/mol.